The molecule has 190 valence electrons. The van der Waals surface area contributed by atoms with E-state index in [0.717, 1.165) is 32.2 Å². The molecule has 3 heterocycles. The average Bonchev–Trinajstić information content (AvgIpc) is 3.32. The number of fused-ring (bicyclic) bond motifs is 2. The number of rotatable bonds is 7. The maximum Gasteiger partial charge on any atom is 0.305 e. The number of hydrogen-bond acceptors (Lipinski definition) is 7. The van der Waals surface area contributed by atoms with Crippen molar-refractivity contribution in [3.8, 4) is 0 Å². The summed E-state index contributed by atoms with van der Waals surface area (Å²) in [5, 5.41) is 3.63. The molecule has 0 spiro atoms. The zero-order valence-corrected chi connectivity index (χ0v) is 20.7. The minimum atomic E-state index is -0.357. The largest absolute Gasteiger partial charge is 0.466 e. The van der Waals surface area contributed by atoms with Crippen molar-refractivity contribution >= 4 is 17.8 Å². The number of nitrogens with zero attached hydrogens (tertiary/aromatic N) is 2. The smallest absolute Gasteiger partial charge is 0.305 e. The summed E-state index contributed by atoms with van der Waals surface area (Å²) in [4.78, 5) is 42.7. The quantitative estimate of drug-likeness (QED) is 0.471. The second-order valence-electron chi connectivity index (χ2n) is 11.1. The van der Waals surface area contributed by atoms with E-state index >= 15 is 0 Å². The van der Waals surface area contributed by atoms with Crippen molar-refractivity contribution in [1.29, 1.82) is 0 Å². The molecular formula is C25H41N5O4. The van der Waals surface area contributed by atoms with E-state index in [1.165, 1.54) is 25.7 Å². The van der Waals surface area contributed by atoms with Gasteiger partial charge in [-0.1, -0.05) is 12.8 Å². The Kier molecular flexibility index (Phi) is 6.88. The first-order valence-corrected chi connectivity index (χ1v) is 13.4. The van der Waals surface area contributed by atoms with Crippen molar-refractivity contribution in [2.24, 2.45) is 11.8 Å². The van der Waals surface area contributed by atoms with Crippen LogP contribution in [0.25, 0.3) is 0 Å². The Balaban J connectivity index is 1.19. The fourth-order valence-electron chi connectivity index (χ4n) is 6.89. The lowest BCUT2D eigenvalue weighted by Gasteiger charge is -2.38. The van der Waals surface area contributed by atoms with E-state index in [4.69, 9.17) is 4.74 Å². The summed E-state index contributed by atoms with van der Waals surface area (Å²) >= 11 is 0. The van der Waals surface area contributed by atoms with Gasteiger partial charge in [0.25, 0.3) is 0 Å². The van der Waals surface area contributed by atoms with Gasteiger partial charge in [0.2, 0.25) is 11.8 Å². The van der Waals surface area contributed by atoms with Crippen LogP contribution in [0.2, 0.25) is 0 Å². The van der Waals surface area contributed by atoms with Crippen molar-refractivity contribution in [3.05, 3.63) is 0 Å². The Hall–Kier alpha value is -1.71. The van der Waals surface area contributed by atoms with Crippen molar-refractivity contribution in [2.45, 2.75) is 101 Å². The molecule has 6 atom stereocenters. The maximum absolute atomic E-state index is 13.6. The summed E-state index contributed by atoms with van der Waals surface area (Å²) in [7, 11) is 1.87. The third kappa shape index (κ3) is 4.58. The van der Waals surface area contributed by atoms with Crippen molar-refractivity contribution < 1.29 is 19.1 Å². The van der Waals surface area contributed by atoms with Gasteiger partial charge in [-0.05, 0) is 57.8 Å². The molecule has 9 nitrogen and oxygen atoms in total. The molecule has 6 unspecified atom stereocenters. The summed E-state index contributed by atoms with van der Waals surface area (Å²) < 4.78 is 5.08. The normalized spacial score (nSPS) is 35.9. The van der Waals surface area contributed by atoms with Gasteiger partial charge >= 0.3 is 5.97 Å². The lowest BCUT2D eigenvalue weighted by atomic mass is 9.84. The second-order valence-corrected chi connectivity index (χ2v) is 11.1. The molecule has 0 radical (unpaired) electrons. The molecule has 2 saturated carbocycles. The number of carbonyl (C=O) groups is 3. The van der Waals surface area contributed by atoms with E-state index in [1.807, 2.05) is 23.8 Å². The number of hydrazine groups is 1. The lowest BCUT2D eigenvalue weighted by Crippen LogP contribution is -2.56. The van der Waals surface area contributed by atoms with Gasteiger partial charge in [0, 0.05) is 50.1 Å². The zero-order valence-electron chi connectivity index (χ0n) is 20.7. The SMILES string of the molecule is CCOC(=O)CCC1(N(C)C(=O)C2NNC3CCN(C(=O)C4CC5CCCCC5N4)CC32)CC1. The van der Waals surface area contributed by atoms with E-state index in [0.29, 0.717) is 38.0 Å². The van der Waals surface area contributed by atoms with E-state index in [-0.39, 0.29) is 47.4 Å². The van der Waals surface area contributed by atoms with E-state index in [9.17, 15) is 14.4 Å². The van der Waals surface area contributed by atoms with Crippen molar-refractivity contribution in [3.63, 3.8) is 0 Å². The van der Waals surface area contributed by atoms with Gasteiger partial charge in [0.1, 0.15) is 6.04 Å². The van der Waals surface area contributed by atoms with E-state index < -0.39 is 0 Å². The molecule has 5 aliphatic rings. The number of carbonyl (C=O) groups excluding carboxylic acids is 3. The Morgan fingerprint density at radius 1 is 1.09 bits per heavy atom. The molecule has 3 aliphatic heterocycles. The first kappa shape index (κ1) is 24.0. The number of ether oxygens (including phenoxy) is 1. The molecule has 3 N–H and O–H groups in total. The molecule has 9 heteroatoms. The second kappa shape index (κ2) is 9.74. The number of hydrogen-bond donors (Lipinski definition) is 3. The third-order valence-electron chi connectivity index (χ3n) is 9.22. The zero-order chi connectivity index (χ0) is 23.9. The molecule has 34 heavy (non-hydrogen) atoms. The van der Waals surface area contributed by atoms with Gasteiger partial charge in [-0.2, -0.15) is 0 Å². The summed E-state index contributed by atoms with van der Waals surface area (Å²) in [6, 6.07) is 0.272. The molecule has 2 amide bonds. The average molecular weight is 476 g/mol. The summed E-state index contributed by atoms with van der Waals surface area (Å²) in [6.07, 6.45) is 9.60. The molecule has 0 aromatic carbocycles. The number of likely N-dealkylation sites (N-methyl/N-ethyl adjacent to an activating group) is 1. The van der Waals surface area contributed by atoms with Crippen LogP contribution in [0.5, 0.6) is 0 Å². The van der Waals surface area contributed by atoms with Crippen LogP contribution in [0.15, 0.2) is 0 Å². The molecule has 0 bridgehead atoms. The molecule has 2 aliphatic carbocycles. The molecular weight excluding hydrogens is 434 g/mol. The van der Waals surface area contributed by atoms with E-state index in [1.54, 1.807) is 0 Å². The van der Waals surface area contributed by atoms with Gasteiger partial charge < -0.3 is 19.9 Å². The van der Waals surface area contributed by atoms with Crippen molar-refractivity contribution in [2.75, 3.05) is 26.7 Å². The summed E-state index contributed by atoms with van der Waals surface area (Å²) in [6.45, 7) is 3.54. The van der Waals surface area contributed by atoms with E-state index in [2.05, 4.69) is 16.2 Å². The molecule has 5 rings (SSSR count). The van der Waals surface area contributed by atoms with Gasteiger partial charge in [-0.3, -0.25) is 19.8 Å². The van der Waals surface area contributed by atoms with Crippen LogP contribution >= 0.6 is 0 Å². The topological polar surface area (TPSA) is 103 Å². The van der Waals surface area contributed by atoms with Gasteiger partial charge in [0.05, 0.1) is 12.6 Å². The maximum atomic E-state index is 13.6. The van der Waals surface area contributed by atoms with Crippen LogP contribution < -0.4 is 16.2 Å². The Labute approximate surface area is 202 Å². The van der Waals surface area contributed by atoms with Gasteiger partial charge in [-0.25, -0.2) is 5.43 Å². The highest BCUT2D eigenvalue weighted by molar-refractivity contribution is 5.85. The standard InChI is InChI=1S/C25H41N5O4/c1-3-34-21(31)8-10-25(11-12-25)29(2)24(33)22-17-15-30(13-9-19(17)27-28-22)23(32)20-14-16-6-4-5-7-18(16)26-20/h16-20,22,26-28H,3-15H2,1-2H3. The number of amides is 2. The molecule has 3 saturated heterocycles. The van der Waals surface area contributed by atoms with Crippen LogP contribution in [-0.2, 0) is 19.1 Å². The van der Waals surface area contributed by atoms with Crippen LogP contribution in [0.4, 0.5) is 0 Å². The Morgan fingerprint density at radius 3 is 2.62 bits per heavy atom. The molecule has 0 aromatic rings. The number of esters is 1. The van der Waals surface area contributed by atoms with Crippen molar-refractivity contribution in [1.82, 2.24) is 26.0 Å². The minimum Gasteiger partial charge on any atom is -0.466 e. The Bertz CT molecular complexity index is 788. The molecule has 5 fully saturated rings. The fraction of sp³-hybridized carbons (Fsp3) is 0.880. The van der Waals surface area contributed by atoms with Crippen LogP contribution in [-0.4, -0.2) is 84.0 Å². The third-order valence-corrected chi connectivity index (χ3v) is 9.22. The van der Waals surface area contributed by atoms with Crippen LogP contribution in [0, 0.1) is 11.8 Å². The predicted molar refractivity (Wildman–Crippen MR) is 126 cm³/mol. The molecule has 0 aromatic heterocycles. The van der Waals surface area contributed by atoms with Gasteiger partial charge in [0.15, 0.2) is 0 Å². The monoisotopic (exact) mass is 475 g/mol. The number of piperidine rings is 1. The number of nitrogens with one attached hydrogen (secondary N) is 3. The first-order chi connectivity index (χ1) is 16.4. The fourth-order valence-corrected chi connectivity index (χ4v) is 6.89. The van der Waals surface area contributed by atoms with Gasteiger partial charge in [-0.15, -0.1) is 0 Å². The first-order valence-electron chi connectivity index (χ1n) is 13.4. The highest BCUT2D eigenvalue weighted by atomic mass is 16.5. The highest BCUT2D eigenvalue weighted by Crippen LogP contribution is 2.45. The Morgan fingerprint density at radius 2 is 1.88 bits per heavy atom. The van der Waals surface area contributed by atoms with Crippen LogP contribution in [0.1, 0.15) is 71.1 Å². The minimum absolute atomic E-state index is 0.0530. The predicted octanol–water partition coefficient (Wildman–Crippen LogP) is 0.935. The summed E-state index contributed by atoms with van der Waals surface area (Å²) in [5.41, 5.74) is 6.34. The van der Waals surface area contributed by atoms with Crippen LogP contribution in [0.3, 0.4) is 0 Å². The number of likely N-dealkylation sites (tertiary alicyclic amines) is 1. The lowest BCUT2D eigenvalue weighted by molar-refractivity contribution is -0.145. The summed E-state index contributed by atoms with van der Waals surface area (Å²) in [5.74, 6) is 0.768. The highest BCUT2D eigenvalue weighted by Gasteiger charge is 2.53.